The minimum atomic E-state index is -4.38. The molecule has 0 aliphatic carbocycles. The van der Waals surface area contributed by atoms with Gasteiger partial charge in [0.25, 0.3) is 0 Å². The van der Waals surface area contributed by atoms with Crippen LogP contribution in [0.3, 0.4) is 0 Å². The van der Waals surface area contributed by atoms with Gasteiger partial charge in [-0.15, -0.1) is 0 Å². The molecule has 0 fully saturated rings. The highest BCUT2D eigenvalue weighted by atomic mass is 19.4. The lowest BCUT2D eigenvalue weighted by Crippen LogP contribution is -2.13. The Morgan fingerprint density at radius 3 is 2.40 bits per heavy atom. The average Bonchev–Trinajstić information content (AvgIpc) is 2.37. The molecular weight excluding hydrogens is 270 g/mol. The normalized spacial score (nSPS) is 12.2. The molecule has 0 atom stereocenters. The Labute approximate surface area is 111 Å². The molecule has 1 heterocycles. The van der Waals surface area contributed by atoms with Gasteiger partial charge in [-0.3, -0.25) is 4.98 Å². The molecule has 1 aromatic heterocycles. The van der Waals surface area contributed by atoms with Crippen LogP contribution in [0.5, 0.6) is 0 Å². The fraction of sp³-hybridized carbons (Fsp3) is 0.133. The lowest BCUT2D eigenvalue weighted by molar-refractivity contribution is -0.127. The lowest BCUT2D eigenvalue weighted by atomic mass is 10.0. The Kier molecular flexibility index (Phi) is 2.85. The van der Waals surface area contributed by atoms with Crippen LogP contribution in [-0.2, 0) is 6.42 Å². The molecule has 0 radical (unpaired) electrons. The Morgan fingerprint density at radius 1 is 0.900 bits per heavy atom. The predicted octanol–water partition coefficient (Wildman–Crippen LogP) is 4.63. The van der Waals surface area contributed by atoms with E-state index in [-0.39, 0.29) is 11.1 Å². The largest absolute Gasteiger partial charge is 0.394 e. The number of aromatic nitrogens is 1. The molecular formula is C15H9F4N. The molecule has 1 nitrogen and oxygen atoms in total. The van der Waals surface area contributed by atoms with Gasteiger partial charge in [-0.1, -0.05) is 24.3 Å². The SMILES string of the molecule is Fc1ccc2c(c1)c(CC(F)(F)F)nc1ccccc12. The maximum absolute atomic E-state index is 13.3. The average molecular weight is 279 g/mol. The number of hydrogen-bond acceptors (Lipinski definition) is 1. The number of nitrogens with zero attached hydrogens (tertiary/aromatic N) is 1. The molecule has 0 aliphatic rings. The molecule has 0 amide bonds. The van der Waals surface area contributed by atoms with Crippen molar-refractivity contribution < 1.29 is 17.6 Å². The number of alkyl halides is 3. The Hall–Kier alpha value is -2.17. The Balaban J connectivity index is 2.38. The van der Waals surface area contributed by atoms with Crippen LogP contribution in [0.15, 0.2) is 42.5 Å². The summed E-state index contributed by atoms with van der Waals surface area (Å²) in [5.74, 6) is -0.571. The van der Waals surface area contributed by atoms with E-state index in [1.807, 2.05) is 0 Å². The van der Waals surface area contributed by atoms with Crippen molar-refractivity contribution in [3.8, 4) is 0 Å². The standard InChI is InChI=1S/C15H9F4N/c16-9-5-6-10-11-3-1-2-4-13(11)20-14(12(10)7-9)8-15(17,18)19/h1-7H,8H2. The van der Waals surface area contributed by atoms with Gasteiger partial charge in [0.05, 0.1) is 17.6 Å². The summed E-state index contributed by atoms with van der Waals surface area (Å²) in [6, 6.07) is 10.7. The van der Waals surface area contributed by atoms with E-state index in [1.54, 1.807) is 24.3 Å². The number of hydrogen-bond donors (Lipinski definition) is 0. The van der Waals surface area contributed by atoms with E-state index in [0.717, 1.165) is 6.07 Å². The van der Waals surface area contributed by atoms with Crippen LogP contribution >= 0.6 is 0 Å². The molecule has 3 rings (SSSR count). The third kappa shape index (κ3) is 2.31. The highest BCUT2D eigenvalue weighted by molar-refractivity contribution is 6.06. The Morgan fingerprint density at radius 2 is 1.65 bits per heavy atom. The highest BCUT2D eigenvalue weighted by Crippen LogP contribution is 2.30. The van der Waals surface area contributed by atoms with E-state index in [1.165, 1.54) is 12.1 Å². The van der Waals surface area contributed by atoms with Gasteiger partial charge >= 0.3 is 6.18 Å². The van der Waals surface area contributed by atoms with E-state index in [4.69, 9.17) is 0 Å². The molecule has 0 saturated carbocycles. The van der Waals surface area contributed by atoms with E-state index >= 15 is 0 Å². The molecule has 102 valence electrons. The zero-order valence-corrected chi connectivity index (χ0v) is 10.2. The molecule has 5 heteroatoms. The van der Waals surface area contributed by atoms with Crippen LogP contribution in [0.25, 0.3) is 21.7 Å². The van der Waals surface area contributed by atoms with Crippen molar-refractivity contribution >= 4 is 21.7 Å². The summed E-state index contributed by atoms with van der Waals surface area (Å²) >= 11 is 0. The fourth-order valence-electron chi connectivity index (χ4n) is 2.32. The maximum atomic E-state index is 13.3. The quantitative estimate of drug-likeness (QED) is 0.467. The van der Waals surface area contributed by atoms with Gasteiger partial charge in [0.15, 0.2) is 0 Å². The molecule has 0 N–H and O–H groups in total. The van der Waals surface area contributed by atoms with Crippen molar-refractivity contribution in [2.24, 2.45) is 0 Å². The van der Waals surface area contributed by atoms with Gasteiger partial charge < -0.3 is 0 Å². The number of para-hydroxylation sites is 1. The van der Waals surface area contributed by atoms with Gasteiger partial charge in [0, 0.05) is 10.8 Å². The van der Waals surface area contributed by atoms with Crippen LogP contribution in [-0.4, -0.2) is 11.2 Å². The molecule has 0 aliphatic heterocycles. The number of fused-ring (bicyclic) bond motifs is 3. The fourth-order valence-corrected chi connectivity index (χ4v) is 2.32. The zero-order chi connectivity index (χ0) is 14.3. The smallest absolute Gasteiger partial charge is 0.252 e. The Bertz CT molecular complexity index is 793. The van der Waals surface area contributed by atoms with Crippen molar-refractivity contribution in [1.29, 1.82) is 0 Å². The summed E-state index contributed by atoms with van der Waals surface area (Å²) in [5, 5.41) is 1.51. The lowest BCUT2D eigenvalue weighted by Gasteiger charge is -2.11. The van der Waals surface area contributed by atoms with Crippen molar-refractivity contribution in [2.75, 3.05) is 0 Å². The summed E-state index contributed by atoms with van der Waals surface area (Å²) in [6.45, 7) is 0. The third-order valence-corrected chi connectivity index (χ3v) is 3.11. The highest BCUT2D eigenvalue weighted by Gasteiger charge is 2.29. The predicted molar refractivity (Wildman–Crippen MR) is 69.0 cm³/mol. The van der Waals surface area contributed by atoms with Gasteiger partial charge in [0.1, 0.15) is 5.82 Å². The first kappa shape index (κ1) is 12.8. The molecule has 0 unspecified atom stereocenters. The summed E-state index contributed by atoms with van der Waals surface area (Å²) < 4.78 is 51.2. The topological polar surface area (TPSA) is 12.9 Å². The zero-order valence-electron chi connectivity index (χ0n) is 10.2. The van der Waals surface area contributed by atoms with E-state index in [9.17, 15) is 17.6 Å². The van der Waals surface area contributed by atoms with Gasteiger partial charge in [-0.2, -0.15) is 13.2 Å². The summed E-state index contributed by atoms with van der Waals surface area (Å²) in [6.07, 6.45) is -5.55. The summed E-state index contributed by atoms with van der Waals surface area (Å²) in [7, 11) is 0. The third-order valence-electron chi connectivity index (χ3n) is 3.11. The molecule has 0 saturated heterocycles. The van der Waals surface area contributed by atoms with Crippen molar-refractivity contribution in [3.05, 3.63) is 54.0 Å². The monoisotopic (exact) mass is 279 g/mol. The molecule has 2 aromatic carbocycles. The second kappa shape index (κ2) is 4.44. The van der Waals surface area contributed by atoms with Gasteiger partial charge in [-0.25, -0.2) is 4.39 Å². The first-order chi connectivity index (χ1) is 9.44. The van der Waals surface area contributed by atoms with Crippen LogP contribution in [0, 0.1) is 5.82 Å². The van der Waals surface area contributed by atoms with Crippen molar-refractivity contribution in [2.45, 2.75) is 12.6 Å². The van der Waals surface area contributed by atoms with E-state index < -0.39 is 18.4 Å². The summed E-state index contributed by atoms with van der Waals surface area (Å²) in [4.78, 5) is 4.04. The first-order valence-electron chi connectivity index (χ1n) is 5.98. The number of pyridine rings is 1. The van der Waals surface area contributed by atoms with E-state index in [2.05, 4.69) is 4.98 Å². The second-order valence-corrected chi connectivity index (χ2v) is 4.56. The molecule has 0 bridgehead atoms. The van der Waals surface area contributed by atoms with Gasteiger partial charge in [0.2, 0.25) is 0 Å². The number of halogens is 4. The minimum Gasteiger partial charge on any atom is -0.252 e. The molecule has 20 heavy (non-hydrogen) atoms. The summed E-state index contributed by atoms with van der Waals surface area (Å²) in [5.41, 5.74) is 0.330. The van der Waals surface area contributed by atoms with Crippen molar-refractivity contribution in [1.82, 2.24) is 4.98 Å². The van der Waals surface area contributed by atoms with Crippen LogP contribution in [0.1, 0.15) is 5.69 Å². The number of rotatable bonds is 1. The molecule has 0 spiro atoms. The minimum absolute atomic E-state index is 0.147. The van der Waals surface area contributed by atoms with Crippen molar-refractivity contribution in [3.63, 3.8) is 0 Å². The second-order valence-electron chi connectivity index (χ2n) is 4.56. The first-order valence-corrected chi connectivity index (χ1v) is 5.98. The van der Waals surface area contributed by atoms with Crippen LogP contribution < -0.4 is 0 Å². The molecule has 3 aromatic rings. The maximum Gasteiger partial charge on any atom is 0.394 e. The van der Waals surface area contributed by atoms with E-state index in [0.29, 0.717) is 16.3 Å². The van der Waals surface area contributed by atoms with Crippen LogP contribution in [0.4, 0.5) is 17.6 Å². The van der Waals surface area contributed by atoms with Crippen LogP contribution in [0.2, 0.25) is 0 Å². The van der Waals surface area contributed by atoms with Gasteiger partial charge in [-0.05, 0) is 23.6 Å². The number of benzene rings is 2.